The molecule has 1 amide bonds. The zero-order chi connectivity index (χ0) is 10.1. The van der Waals surface area contributed by atoms with Crippen molar-refractivity contribution in [3.05, 3.63) is 0 Å². The highest BCUT2D eigenvalue weighted by molar-refractivity contribution is 5.75. The molecule has 0 aliphatic rings. The molecule has 0 bridgehead atoms. The van der Waals surface area contributed by atoms with Crippen LogP contribution in [-0.4, -0.2) is 25.0 Å². The Labute approximate surface area is 81.3 Å². The molecule has 0 aromatic carbocycles. The molecule has 13 heavy (non-hydrogen) atoms. The van der Waals surface area contributed by atoms with Crippen LogP contribution in [0.1, 0.15) is 40.0 Å². The lowest BCUT2D eigenvalue weighted by Crippen LogP contribution is -2.27. The van der Waals surface area contributed by atoms with Crippen LogP contribution in [0.2, 0.25) is 0 Å². The van der Waals surface area contributed by atoms with Gasteiger partial charge in [-0.05, 0) is 19.4 Å². The minimum atomic E-state index is 0.174. The number of nitrogens with one attached hydrogen (secondary N) is 2. The summed E-state index contributed by atoms with van der Waals surface area (Å²) in [6.07, 6.45) is 2.57. The molecule has 0 unspecified atom stereocenters. The minimum Gasteiger partial charge on any atom is -0.356 e. The van der Waals surface area contributed by atoms with Gasteiger partial charge in [0.25, 0.3) is 0 Å². The molecular weight excluding hydrogens is 164 g/mol. The average Bonchev–Trinajstić information content (AvgIpc) is 2.08. The third kappa shape index (κ3) is 9.34. The van der Waals surface area contributed by atoms with Crippen LogP contribution < -0.4 is 10.6 Å². The highest BCUT2D eigenvalue weighted by atomic mass is 16.1. The van der Waals surface area contributed by atoms with E-state index in [2.05, 4.69) is 31.4 Å². The van der Waals surface area contributed by atoms with Crippen molar-refractivity contribution in [2.24, 2.45) is 0 Å². The van der Waals surface area contributed by atoms with Gasteiger partial charge in [-0.1, -0.05) is 20.8 Å². The third-order valence-corrected chi connectivity index (χ3v) is 1.71. The molecule has 3 heteroatoms. The fourth-order valence-corrected chi connectivity index (χ4v) is 0.992. The van der Waals surface area contributed by atoms with Crippen molar-refractivity contribution in [3.8, 4) is 0 Å². The topological polar surface area (TPSA) is 41.1 Å². The molecule has 0 fully saturated rings. The summed E-state index contributed by atoms with van der Waals surface area (Å²) in [5, 5.41) is 6.13. The van der Waals surface area contributed by atoms with Crippen LogP contribution in [-0.2, 0) is 4.79 Å². The zero-order valence-corrected chi connectivity index (χ0v) is 9.02. The Morgan fingerprint density at radius 1 is 1.31 bits per heavy atom. The van der Waals surface area contributed by atoms with Crippen LogP contribution in [0.15, 0.2) is 0 Å². The molecule has 0 saturated carbocycles. The predicted molar refractivity (Wildman–Crippen MR) is 55.7 cm³/mol. The van der Waals surface area contributed by atoms with Gasteiger partial charge in [0.1, 0.15) is 0 Å². The summed E-state index contributed by atoms with van der Waals surface area (Å²) in [5.41, 5.74) is 0. The summed E-state index contributed by atoms with van der Waals surface area (Å²) in [5.74, 6) is 0.174. The van der Waals surface area contributed by atoms with E-state index in [1.165, 1.54) is 0 Å². The fourth-order valence-electron chi connectivity index (χ4n) is 0.992. The van der Waals surface area contributed by atoms with Crippen molar-refractivity contribution in [1.82, 2.24) is 10.6 Å². The van der Waals surface area contributed by atoms with Gasteiger partial charge in [0.2, 0.25) is 5.91 Å². The first-order chi connectivity index (χ1) is 6.16. The lowest BCUT2D eigenvalue weighted by molar-refractivity contribution is -0.121. The van der Waals surface area contributed by atoms with Gasteiger partial charge in [0.15, 0.2) is 0 Å². The molecule has 0 saturated heterocycles. The van der Waals surface area contributed by atoms with Gasteiger partial charge in [-0.25, -0.2) is 0 Å². The van der Waals surface area contributed by atoms with E-state index in [1.807, 2.05) is 0 Å². The first-order valence-corrected chi connectivity index (χ1v) is 5.17. The zero-order valence-electron chi connectivity index (χ0n) is 9.02. The summed E-state index contributed by atoms with van der Waals surface area (Å²) in [6.45, 7) is 8.00. The van der Waals surface area contributed by atoms with Gasteiger partial charge in [0, 0.05) is 19.0 Å². The average molecular weight is 186 g/mol. The van der Waals surface area contributed by atoms with Gasteiger partial charge < -0.3 is 10.6 Å². The second-order valence-corrected chi connectivity index (χ2v) is 3.56. The largest absolute Gasteiger partial charge is 0.356 e. The van der Waals surface area contributed by atoms with Crippen LogP contribution in [0, 0.1) is 0 Å². The lowest BCUT2D eigenvalue weighted by atomic mass is 10.2. The van der Waals surface area contributed by atoms with Gasteiger partial charge >= 0.3 is 0 Å². The molecule has 78 valence electrons. The number of hydrogen-bond acceptors (Lipinski definition) is 2. The van der Waals surface area contributed by atoms with Gasteiger partial charge in [-0.15, -0.1) is 0 Å². The highest BCUT2D eigenvalue weighted by Gasteiger charge is 1.99. The number of carbonyl (C=O) groups is 1. The predicted octanol–water partition coefficient (Wildman–Crippen LogP) is 1.29. The van der Waals surface area contributed by atoms with Crippen LogP contribution in [0.5, 0.6) is 0 Å². The molecule has 2 N–H and O–H groups in total. The highest BCUT2D eigenvalue weighted by Crippen LogP contribution is 1.88. The lowest BCUT2D eigenvalue weighted by Gasteiger charge is -2.07. The SMILES string of the molecule is CCCNC(=O)CCCNC(C)C. The van der Waals surface area contributed by atoms with Crippen LogP contribution in [0.4, 0.5) is 0 Å². The molecular formula is C10H22N2O. The number of amides is 1. The van der Waals surface area contributed by atoms with Crippen molar-refractivity contribution in [2.75, 3.05) is 13.1 Å². The number of carbonyl (C=O) groups excluding carboxylic acids is 1. The molecule has 0 atom stereocenters. The van der Waals surface area contributed by atoms with Gasteiger partial charge in [-0.2, -0.15) is 0 Å². The van der Waals surface area contributed by atoms with E-state index in [4.69, 9.17) is 0 Å². The van der Waals surface area contributed by atoms with Crippen molar-refractivity contribution >= 4 is 5.91 Å². The van der Waals surface area contributed by atoms with E-state index in [-0.39, 0.29) is 5.91 Å². The Hall–Kier alpha value is -0.570. The number of hydrogen-bond donors (Lipinski definition) is 2. The van der Waals surface area contributed by atoms with Crippen LogP contribution in [0.3, 0.4) is 0 Å². The number of rotatable bonds is 7. The maximum atomic E-state index is 11.1. The van der Waals surface area contributed by atoms with Crippen molar-refractivity contribution < 1.29 is 4.79 Å². The normalized spacial score (nSPS) is 10.5. The summed E-state index contributed by atoms with van der Waals surface area (Å²) < 4.78 is 0. The van der Waals surface area contributed by atoms with E-state index in [9.17, 15) is 4.79 Å². The van der Waals surface area contributed by atoms with E-state index in [0.717, 1.165) is 25.9 Å². The Morgan fingerprint density at radius 2 is 2.00 bits per heavy atom. The van der Waals surface area contributed by atoms with E-state index >= 15 is 0 Å². The van der Waals surface area contributed by atoms with E-state index in [1.54, 1.807) is 0 Å². The fraction of sp³-hybridized carbons (Fsp3) is 0.900. The summed E-state index contributed by atoms with van der Waals surface area (Å²) in [4.78, 5) is 11.1. The smallest absolute Gasteiger partial charge is 0.220 e. The standard InChI is InChI=1S/C10H22N2O/c1-4-7-12-10(13)6-5-8-11-9(2)3/h9,11H,4-8H2,1-3H3,(H,12,13). The van der Waals surface area contributed by atoms with Crippen molar-refractivity contribution in [1.29, 1.82) is 0 Å². The van der Waals surface area contributed by atoms with Gasteiger partial charge in [0.05, 0.1) is 0 Å². The van der Waals surface area contributed by atoms with Gasteiger partial charge in [-0.3, -0.25) is 4.79 Å². The Kier molecular flexibility index (Phi) is 7.69. The molecule has 0 aliphatic carbocycles. The van der Waals surface area contributed by atoms with Crippen LogP contribution >= 0.6 is 0 Å². The molecule has 0 radical (unpaired) electrons. The Morgan fingerprint density at radius 3 is 2.54 bits per heavy atom. The van der Waals surface area contributed by atoms with Crippen LogP contribution in [0.25, 0.3) is 0 Å². The summed E-state index contributed by atoms with van der Waals surface area (Å²) in [7, 11) is 0. The summed E-state index contributed by atoms with van der Waals surface area (Å²) in [6, 6.07) is 0.513. The first kappa shape index (κ1) is 12.4. The summed E-state index contributed by atoms with van der Waals surface area (Å²) >= 11 is 0. The molecule has 0 aromatic rings. The maximum Gasteiger partial charge on any atom is 0.220 e. The molecule has 0 spiro atoms. The van der Waals surface area contributed by atoms with E-state index in [0.29, 0.717) is 12.5 Å². The molecule has 3 nitrogen and oxygen atoms in total. The monoisotopic (exact) mass is 186 g/mol. The molecule has 0 heterocycles. The minimum absolute atomic E-state index is 0.174. The van der Waals surface area contributed by atoms with E-state index < -0.39 is 0 Å². The third-order valence-electron chi connectivity index (χ3n) is 1.71. The quantitative estimate of drug-likeness (QED) is 0.588. The second kappa shape index (κ2) is 8.05. The maximum absolute atomic E-state index is 11.1. The molecule has 0 aromatic heterocycles. The Bertz CT molecular complexity index is 135. The first-order valence-electron chi connectivity index (χ1n) is 5.17. The second-order valence-electron chi connectivity index (χ2n) is 3.56. The molecule has 0 rings (SSSR count). The molecule has 0 aliphatic heterocycles. The van der Waals surface area contributed by atoms with Crippen molar-refractivity contribution in [2.45, 2.75) is 46.1 Å². The Balaban J connectivity index is 3.17. The van der Waals surface area contributed by atoms with Crippen molar-refractivity contribution in [3.63, 3.8) is 0 Å².